The summed E-state index contributed by atoms with van der Waals surface area (Å²) in [6, 6.07) is 4.65. The van der Waals surface area contributed by atoms with Crippen molar-refractivity contribution < 1.29 is 9.18 Å². The van der Waals surface area contributed by atoms with Crippen LogP contribution in [0, 0.1) is 11.7 Å². The number of carbonyl (C=O) groups excluding carboxylic acids is 1. The SMILES string of the molecule is NCC(NC(=O)c1cccc(Br)c1F)C1CCCCC1. The molecule has 0 aliphatic heterocycles. The van der Waals surface area contributed by atoms with Crippen LogP contribution in [-0.4, -0.2) is 18.5 Å². The lowest BCUT2D eigenvalue weighted by molar-refractivity contribution is 0.0911. The molecule has 20 heavy (non-hydrogen) atoms. The fourth-order valence-corrected chi connectivity index (χ4v) is 3.20. The van der Waals surface area contributed by atoms with Crippen LogP contribution in [0.4, 0.5) is 4.39 Å². The van der Waals surface area contributed by atoms with E-state index in [1.165, 1.54) is 25.3 Å². The predicted octanol–water partition coefficient (Wildman–Crippen LogP) is 3.23. The van der Waals surface area contributed by atoms with Gasteiger partial charge in [-0.25, -0.2) is 4.39 Å². The van der Waals surface area contributed by atoms with Gasteiger partial charge in [-0.1, -0.05) is 25.3 Å². The van der Waals surface area contributed by atoms with Crippen molar-refractivity contribution in [2.24, 2.45) is 11.7 Å². The Morgan fingerprint density at radius 3 is 2.75 bits per heavy atom. The van der Waals surface area contributed by atoms with Gasteiger partial charge in [0, 0.05) is 12.6 Å². The lowest BCUT2D eigenvalue weighted by Gasteiger charge is -2.30. The molecule has 1 amide bonds. The molecule has 0 saturated heterocycles. The van der Waals surface area contributed by atoms with Crippen LogP contribution in [0.5, 0.6) is 0 Å². The first-order valence-electron chi connectivity index (χ1n) is 7.08. The number of amides is 1. The summed E-state index contributed by atoms with van der Waals surface area (Å²) in [7, 11) is 0. The molecule has 2 rings (SSSR count). The first-order chi connectivity index (χ1) is 9.63. The average molecular weight is 343 g/mol. The number of nitrogens with one attached hydrogen (secondary N) is 1. The van der Waals surface area contributed by atoms with Gasteiger partial charge in [0.05, 0.1) is 10.0 Å². The van der Waals surface area contributed by atoms with Crippen LogP contribution in [-0.2, 0) is 0 Å². The van der Waals surface area contributed by atoms with Gasteiger partial charge < -0.3 is 11.1 Å². The lowest BCUT2D eigenvalue weighted by Crippen LogP contribution is -2.46. The van der Waals surface area contributed by atoms with Gasteiger partial charge in [0.15, 0.2) is 0 Å². The molecule has 1 aromatic carbocycles. The Balaban J connectivity index is 2.06. The van der Waals surface area contributed by atoms with Crippen molar-refractivity contribution in [1.82, 2.24) is 5.32 Å². The minimum Gasteiger partial charge on any atom is -0.348 e. The number of nitrogens with two attached hydrogens (primary N) is 1. The molecule has 1 aliphatic carbocycles. The van der Waals surface area contributed by atoms with Gasteiger partial charge in [0.2, 0.25) is 0 Å². The fraction of sp³-hybridized carbons (Fsp3) is 0.533. The summed E-state index contributed by atoms with van der Waals surface area (Å²) in [5.41, 5.74) is 5.84. The molecule has 1 aliphatic rings. The van der Waals surface area contributed by atoms with Crippen LogP contribution < -0.4 is 11.1 Å². The van der Waals surface area contributed by atoms with Crippen molar-refractivity contribution in [2.45, 2.75) is 38.1 Å². The van der Waals surface area contributed by atoms with Crippen LogP contribution in [0.2, 0.25) is 0 Å². The summed E-state index contributed by atoms with van der Waals surface area (Å²) in [5, 5.41) is 2.90. The molecule has 1 saturated carbocycles. The molecule has 1 atom stereocenters. The summed E-state index contributed by atoms with van der Waals surface area (Å²) in [6.07, 6.45) is 5.79. The molecular weight excluding hydrogens is 323 g/mol. The number of rotatable bonds is 4. The number of benzene rings is 1. The molecule has 0 spiro atoms. The van der Waals surface area contributed by atoms with E-state index in [2.05, 4.69) is 21.2 Å². The van der Waals surface area contributed by atoms with Crippen LogP contribution in [0.1, 0.15) is 42.5 Å². The Hall–Kier alpha value is -0.940. The fourth-order valence-electron chi connectivity index (χ4n) is 2.83. The maximum Gasteiger partial charge on any atom is 0.254 e. The highest BCUT2D eigenvalue weighted by molar-refractivity contribution is 9.10. The van der Waals surface area contributed by atoms with E-state index in [0.29, 0.717) is 16.9 Å². The van der Waals surface area contributed by atoms with Crippen molar-refractivity contribution in [3.63, 3.8) is 0 Å². The number of carbonyl (C=O) groups is 1. The highest BCUT2D eigenvalue weighted by Crippen LogP contribution is 2.26. The third-order valence-electron chi connectivity index (χ3n) is 3.99. The van der Waals surface area contributed by atoms with Crippen LogP contribution in [0.3, 0.4) is 0 Å². The van der Waals surface area contributed by atoms with E-state index in [0.717, 1.165) is 12.8 Å². The van der Waals surface area contributed by atoms with Crippen LogP contribution >= 0.6 is 15.9 Å². The van der Waals surface area contributed by atoms with E-state index in [-0.39, 0.29) is 17.5 Å². The summed E-state index contributed by atoms with van der Waals surface area (Å²) in [6.45, 7) is 0.395. The van der Waals surface area contributed by atoms with E-state index >= 15 is 0 Å². The van der Waals surface area contributed by atoms with Gasteiger partial charge in [-0.05, 0) is 46.8 Å². The zero-order valence-corrected chi connectivity index (χ0v) is 13.0. The summed E-state index contributed by atoms with van der Waals surface area (Å²) >= 11 is 3.09. The largest absolute Gasteiger partial charge is 0.348 e. The Labute approximate surface area is 127 Å². The molecule has 0 heterocycles. The molecule has 0 radical (unpaired) electrons. The second-order valence-electron chi connectivity index (χ2n) is 5.32. The van der Waals surface area contributed by atoms with Crippen molar-refractivity contribution in [3.05, 3.63) is 34.1 Å². The normalized spacial score (nSPS) is 17.8. The van der Waals surface area contributed by atoms with Crippen molar-refractivity contribution in [3.8, 4) is 0 Å². The minimum atomic E-state index is -0.524. The van der Waals surface area contributed by atoms with Gasteiger partial charge in [-0.15, -0.1) is 0 Å². The Kier molecular flexibility index (Phi) is 5.54. The summed E-state index contributed by atoms with van der Waals surface area (Å²) in [4.78, 5) is 12.2. The van der Waals surface area contributed by atoms with E-state index in [9.17, 15) is 9.18 Å². The highest BCUT2D eigenvalue weighted by atomic mass is 79.9. The topological polar surface area (TPSA) is 55.1 Å². The number of hydrogen-bond acceptors (Lipinski definition) is 2. The number of halogens is 2. The van der Waals surface area contributed by atoms with Gasteiger partial charge >= 0.3 is 0 Å². The second kappa shape index (κ2) is 7.18. The predicted molar refractivity (Wildman–Crippen MR) is 81.0 cm³/mol. The standard InChI is InChI=1S/C15H20BrFN2O/c16-12-8-4-7-11(14(12)17)15(20)19-13(9-18)10-5-2-1-3-6-10/h4,7-8,10,13H,1-3,5-6,9,18H2,(H,19,20). The maximum atomic E-state index is 13.9. The molecule has 0 aromatic heterocycles. The van der Waals surface area contributed by atoms with E-state index in [1.54, 1.807) is 12.1 Å². The summed E-state index contributed by atoms with van der Waals surface area (Å²) in [5.74, 6) is -0.498. The molecule has 1 unspecified atom stereocenters. The van der Waals surface area contributed by atoms with Crippen LogP contribution in [0.25, 0.3) is 0 Å². The van der Waals surface area contributed by atoms with Crippen molar-refractivity contribution in [1.29, 1.82) is 0 Å². The number of hydrogen-bond donors (Lipinski definition) is 2. The smallest absolute Gasteiger partial charge is 0.254 e. The maximum absolute atomic E-state index is 13.9. The van der Waals surface area contributed by atoms with E-state index < -0.39 is 5.82 Å². The van der Waals surface area contributed by atoms with Crippen LogP contribution in [0.15, 0.2) is 22.7 Å². The molecule has 3 N–H and O–H groups in total. The molecule has 1 aromatic rings. The van der Waals surface area contributed by atoms with Crippen molar-refractivity contribution in [2.75, 3.05) is 6.54 Å². The molecule has 0 bridgehead atoms. The minimum absolute atomic E-state index is 0.0636. The average Bonchev–Trinajstić information content (AvgIpc) is 2.48. The molecule has 5 heteroatoms. The Bertz CT molecular complexity index is 475. The molecule has 1 fully saturated rings. The Morgan fingerprint density at radius 1 is 1.40 bits per heavy atom. The quantitative estimate of drug-likeness (QED) is 0.882. The highest BCUT2D eigenvalue weighted by Gasteiger charge is 2.25. The summed E-state index contributed by atoms with van der Waals surface area (Å²) < 4.78 is 14.2. The molecule has 110 valence electrons. The van der Waals surface area contributed by atoms with Gasteiger partial charge in [0.25, 0.3) is 5.91 Å². The third-order valence-corrected chi connectivity index (χ3v) is 4.60. The second-order valence-corrected chi connectivity index (χ2v) is 6.17. The third kappa shape index (κ3) is 3.58. The first kappa shape index (κ1) is 15.4. The zero-order chi connectivity index (χ0) is 14.5. The van der Waals surface area contributed by atoms with Crippen molar-refractivity contribution >= 4 is 21.8 Å². The van der Waals surface area contributed by atoms with Gasteiger partial charge in [-0.3, -0.25) is 4.79 Å². The van der Waals surface area contributed by atoms with E-state index in [4.69, 9.17) is 5.73 Å². The molecular formula is C15H20BrFN2O. The monoisotopic (exact) mass is 342 g/mol. The lowest BCUT2D eigenvalue weighted by atomic mass is 9.84. The van der Waals surface area contributed by atoms with E-state index in [1.807, 2.05) is 0 Å². The first-order valence-corrected chi connectivity index (χ1v) is 7.87. The zero-order valence-electron chi connectivity index (χ0n) is 11.4. The van der Waals surface area contributed by atoms with Gasteiger partial charge in [0.1, 0.15) is 5.82 Å². The Morgan fingerprint density at radius 2 is 2.10 bits per heavy atom. The van der Waals surface area contributed by atoms with Gasteiger partial charge in [-0.2, -0.15) is 0 Å². The molecule has 3 nitrogen and oxygen atoms in total.